The van der Waals surface area contributed by atoms with Crippen LogP contribution in [0.1, 0.15) is 26.3 Å². The SMILES string of the molecule is CCN(CC)CC(C)NCc1ccc(OC)nc1. The largest absolute Gasteiger partial charge is 0.481 e. The fourth-order valence-electron chi connectivity index (χ4n) is 1.86. The molecule has 18 heavy (non-hydrogen) atoms. The predicted octanol–water partition coefficient (Wildman–Crippen LogP) is 1.91. The van der Waals surface area contributed by atoms with Crippen LogP contribution in [0, 0.1) is 0 Å². The minimum atomic E-state index is 0.479. The summed E-state index contributed by atoms with van der Waals surface area (Å²) in [5.41, 5.74) is 1.18. The van der Waals surface area contributed by atoms with E-state index in [0.717, 1.165) is 26.2 Å². The molecule has 1 aromatic heterocycles. The maximum absolute atomic E-state index is 5.04. The summed E-state index contributed by atoms with van der Waals surface area (Å²) in [4.78, 5) is 6.62. The number of nitrogens with zero attached hydrogens (tertiary/aromatic N) is 2. The second-order valence-electron chi connectivity index (χ2n) is 4.48. The molecule has 0 amide bonds. The molecule has 0 fully saturated rings. The zero-order valence-corrected chi connectivity index (χ0v) is 11.9. The molecule has 0 saturated carbocycles. The minimum Gasteiger partial charge on any atom is -0.481 e. The van der Waals surface area contributed by atoms with Crippen molar-refractivity contribution in [3.63, 3.8) is 0 Å². The number of likely N-dealkylation sites (N-methyl/N-ethyl adjacent to an activating group) is 1. The van der Waals surface area contributed by atoms with Crippen LogP contribution in [0.15, 0.2) is 18.3 Å². The normalized spacial score (nSPS) is 12.7. The van der Waals surface area contributed by atoms with Gasteiger partial charge in [-0.25, -0.2) is 4.98 Å². The molecular formula is C14H25N3O. The van der Waals surface area contributed by atoms with Crippen molar-refractivity contribution < 1.29 is 4.74 Å². The average molecular weight is 251 g/mol. The van der Waals surface area contributed by atoms with E-state index in [1.165, 1.54) is 5.56 Å². The predicted molar refractivity (Wildman–Crippen MR) is 74.9 cm³/mol. The molecule has 0 radical (unpaired) electrons. The Morgan fingerprint density at radius 3 is 2.56 bits per heavy atom. The number of methoxy groups -OCH3 is 1. The van der Waals surface area contributed by atoms with E-state index in [4.69, 9.17) is 4.74 Å². The monoisotopic (exact) mass is 251 g/mol. The highest BCUT2D eigenvalue weighted by Crippen LogP contribution is 2.06. The van der Waals surface area contributed by atoms with Crippen molar-refractivity contribution in [3.05, 3.63) is 23.9 Å². The van der Waals surface area contributed by atoms with Gasteiger partial charge in [-0.05, 0) is 25.6 Å². The molecule has 0 aliphatic carbocycles. The van der Waals surface area contributed by atoms with Crippen LogP contribution < -0.4 is 10.1 Å². The maximum atomic E-state index is 5.04. The van der Waals surface area contributed by atoms with Gasteiger partial charge in [-0.1, -0.05) is 19.9 Å². The van der Waals surface area contributed by atoms with E-state index in [9.17, 15) is 0 Å². The first-order chi connectivity index (χ1) is 8.69. The van der Waals surface area contributed by atoms with Gasteiger partial charge >= 0.3 is 0 Å². The van der Waals surface area contributed by atoms with Crippen molar-refractivity contribution in [2.24, 2.45) is 0 Å². The Hall–Kier alpha value is -1.13. The van der Waals surface area contributed by atoms with Crippen LogP contribution in [0.25, 0.3) is 0 Å². The Morgan fingerprint density at radius 1 is 1.33 bits per heavy atom. The highest BCUT2D eigenvalue weighted by Gasteiger charge is 2.06. The molecule has 0 aromatic carbocycles. The van der Waals surface area contributed by atoms with Gasteiger partial charge in [0.1, 0.15) is 0 Å². The topological polar surface area (TPSA) is 37.4 Å². The summed E-state index contributed by atoms with van der Waals surface area (Å²) in [5.74, 6) is 0.662. The molecule has 4 heteroatoms. The third kappa shape index (κ3) is 5.02. The van der Waals surface area contributed by atoms with Gasteiger partial charge in [0.05, 0.1) is 7.11 Å². The highest BCUT2D eigenvalue weighted by atomic mass is 16.5. The number of ether oxygens (including phenoxy) is 1. The van der Waals surface area contributed by atoms with Crippen molar-refractivity contribution in [1.29, 1.82) is 0 Å². The second-order valence-corrected chi connectivity index (χ2v) is 4.48. The van der Waals surface area contributed by atoms with Crippen LogP contribution in [0.2, 0.25) is 0 Å². The number of hydrogen-bond donors (Lipinski definition) is 1. The van der Waals surface area contributed by atoms with Gasteiger partial charge in [-0.15, -0.1) is 0 Å². The first-order valence-corrected chi connectivity index (χ1v) is 6.64. The Labute approximate surface area is 110 Å². The first-order valence-electron chi connectivity index (χ1n) is 6.64. The standard InChI is InChI=1S/C14H25N3O/c1-5-17(6-2)11-12(3)15-9-13-7-8-14(18-4)16-10-13/h7-8,10,12,15H,5-6,9,11H2,1-4H3. The van der Waals surface area contributed by atoms with Crippen molar-refractivity contribution in [2.75, 3.05) is 26.7 Å². The molecule has 1 N–H and O–H groups in total. The maximum Gasteiger partial charge on any atom is 0.212 e. The number of nitrogens with one attached hydrogen (secondary N) is 1. The third-order valence-corrected chi connectivity index (χ3v) is 3.09. The second kappa shape index (κ2) is 8.06. The summed E-state index contributed by atoms with van der Waals surface area (Å²) in [6.45, 7) is 10.7. The van der Waals surface area contributed by atoms with E-state index < -0.39 is 0 Å². The molecule has 1 atom stereocenters. The number of rotatable bonds is 8. The molecular weight excluding hydrogens is 226 g/mol. The third-order valence-electron chi connectivity index (χ3n) is 3.09. The number of pyridine rings is 1. The molecule has 1 unspecified atom stereocenters. The quantitative estimate of drug-likeness (QED) is 0.766. The Morgan fingerprint density at radius 2 is 2.06 bits per heavy atom. The van der Waals surface area contributed by atoms with Crippen molar-refractivity contribution in [3.8, 4) is 5.88 Å². The fourth-order valence-corrected chi connectivity index (χ4v) is 1.86. The molecule has 4 nitrogen and oxygen atoms in total. The lowest BCUT2D eigenvalue weighted by Crippen LogP contribution is -2.38. The summed E-state index contributed by atoms with van der Waals surface area (Å²) in [5, 5.41) is 3.51. The van der Waals surface area contributed by atoms with Gasteiger partial charge in [0.2, 0.25) is 5.88 Å². The number of aromatic nitrogens is 1. The molecule has 1 aromatic rings. The lowest BCUT2D eigenvalue weighted by Gasteiger charge is -2.23. The summed E-state index contributed by atoms with van der Waals surface area (Å²) >= 11 is 0. The Kier molecular flexibility index (Phi) is 6.68. The van der Waals surface area contributed by atoms with Gasteiger partial charge in [0.25, 0.3) is 0 Å². The zero-order chi connectivity index (χ0) is 13.4. The Balaban J connectivity index is 2.34. The van der Waals surface area contributed by atoms with E-state index in [1.54, 1.807) is 7.11 Å². The molecule has 1 heterocycles. The van der Waals surface area contributed by atoms with Gasteiger partial charge in [-0.3, -0.25) is 0 Å². The molecule has 0 aliphatic rings. The number of hydrogen-bond acceptors (Lipinski definition) is 4. The van der Waals surface area contributed by atoms with Gasteiger partial charge < -0.3 is 15.0 Å². The molecule has 1 rings (SSSR count). The van der Waals surface area contributed by atoms with Crippen molar-refractivity contribution >= 4 is 0 Å². The Bertz CT molecular complexity index is 322. The van der Waals surface area contributed by atoms with E-state index in [1.807, 2.05) is 18.3 Å². The van der Waals surface area contributed by atoms with Crippen LogP contribution in [-0.2, 0) is 6.54 Å². The van der Waals surface area contributed by atoms with Crippen LogP contribution >= 0.6 is 0 Å². The van der Waals surface area contributed by atoms with Crippen LogP contribution in [0.5, 0.6) is 5.88 Å². The summed E-state index contributed by atoms with van der Waals surface area (Å²) < 4.78 is 5.04. The van der Waals surface area contributed by atoms with E-state index in [0.29, 0.717) is 11.9 Å². The van der Waals surface area contributed by atoms with Gasteiger partial charge in [0, 0.05) is 31.4 Å². The van der Waals surface area contributed by atoms with E-state index in [2.05, 4.69) is 36.0 Å². The minimum absolute atomic E-state index is 0.479. The highest BCUT2D eigenvalue weighted by molar-refractivity contribution is 5.17. The smallest absolute Gasteiger partial charge is 0.212 e. The lowest BCUT2D eigenvalue weighted by molar-refractivity contribution is 0.270. The van der Waals surface area contributed by atoms with Gasteiger partial charge in [-0.2, -0.15) is 0 Å². The summed E-state index contributed by atoms with van der Waals surface area (Å²) in [7, 11) is 1.63. The fraction of sp³-hybridized carbons (Fsp3) is 0.643. The molecule has 0 bridgehead atoms. The summed E-state index contributed by atoms with van der Waals surface area (Å²) in [6, 6.07) is 4.42. The average Bonchev–Trinajstić information content (AvgIpc) is 2.43. The van der Waals surface area contributed by atoms with Gasteiger partial charge in [0.15, 0.2) is 0 Å². The summed E-state index contributed by atoms with van der Waals surface area (Å²) in [6.07, 6.45) is 1.86. The molecule has 0 spiro atoms. The van der Waals surface area contributed by atoms with Crippen molar-refractivity contribution in [1.82, 2.24) is 15.2 Å². The molecule has 102 valence electrons. The van der Waals surface area contributed by atoms with E-state index in [-0.39, 0.29) is 0 Å². The van der Waals surface area contributed by atoms with E-state index >= 15 is 0 Å². The first kappa shape index (κ1) is 14.9. The van der Waals surface area contributed by atoms with Crippen LogP contribution in [0.3, 0.4) is 0 Å². The van der Waals surface area contributed by atoms with Crippen LogP contribution in [-0.4, -0.2) is 42.7 Å². The van der Waals surface area contributed by atoms with Crippen molar-refractivity contribution in [2.45, 2.75) is 33.4 Å². The van der Waals surface area contributed by atoms with Crippen LogP contribution in [0.4, 0.5) is 0 Å². The lowest BCUT2D eigenvalue weighted by atomic mass is 10.2. The molecule has 0 saturated heterocycles. The zero-order valence-electron chi connectivity index (χ0n) is 11.9. The molecule has 0 aliphatic heterocycles.